The molecule has 2 rings (SSSR count). The maximum absolute atomic E-state index is 11.9. The van der Waals surface area contributed by atoms with Gasteiger partial charge in [-0.15, -0.1) is 11.3 Å². The van der Waals surface area contributed by atoms with Gasteiger partial charge in [-0.25, -0.2) is 0 Å². The first-order chi connectivity index (χ1) is 8.08. The van der Waals surface area contributed by atoms with E-state index in [-0.39, 0.29) is 0 Å². The summed E-state index contributed by atoms with van der Waals surface area (Å²) in [5.74, 6) is 0. The van der Waals surface area contributed by atoms with Gasteiger partial charge in [-0.05, 0) is 28.1 Å². The van der Waals surface area contributed by atoms with Gasteiger partial charge in [0.05, 0.1) is 17.0 Å². The Morgan fingerprint density at radius 3 is 2.71 bits per heavy atom. The molecule has 0 atom stereocenters. The lowest BCUT2D eigenvalue weighted by atomic mass is 10.5. The monoisotopic (exact) mass is 340 g/mol. The summed E-state index contributed by atoms with van der Waals surface area (Å²) in [6.45, 7) is 2.10. The van der Waals surface area contributed by atoms with Gasteiger partial charge in [0.1, 0.15) is 0 Å². The highest BCUT2D eigenvalue weighted by atomic mass is 79.9. The van der Waals surface area contributed by atoms with Crippen LogP contribution < -0.4 is 4.72 Å². The van der Waals surface area contributed by atoms with E-state index in [4.69, 9.17) is 4.74 Å². The first-order valence-electron chi connectivity index (χ1n) is 5.14. The van der Waals surface area contributed by atoms with Gasteiger partial charge in [0.2, 0.25) is 0 Å². The second-order valence-electron chi connectivity index (χ2n) is 3.54. The number of hydrogen-bond acceptors (Lipinski definition) is 4. The maximum Gasteiger partial charge on any atom is 0.279 e. The lowest BCUT2D eigenvalue weighted by Gasteiger charge is -2.25. The van der Waals surface area contributed by atoms with Crippen LogP contribution in [0.25, 0.3) is 0 Å². The van der Waals surface area contributed by atoms with Crippen LogP contribution in [0.15, 0.2) is 15.9 Å². The third kappa shape index (κ3) is 3.73. The third-order valence-electron chi connectivity index (χ3n) is 2.37. The highest BCUT2D eigenvalue weighted by Gasteiger charge is 2.23. The summed E-state index contributed by atoms with van der Waals surface area (Å²) >= 11 is 4.87. The smallest absolute Gasteiger partial charge is 0.279 e. The number of thiophene rings is 1. The number of morpholine rings is 1. The molecule has 17 heavy (non-hydrogen) atoms. The number of nitrogens with zero attached hydrogens (tertiary/aromatic N) is 1. The van der Waals surface area contributed by atoms with Crippen molar-refractivity contribution >= 4 is 37.5 Å². The van der Waals surface area contributed by atoms with Gasteiger partial charge in [-0.3, -0.25) is 0 Å². The van der Waals surface area contributed by atoms with Crippen LogP contribution >= 0.6 is 27.3 Å². The highest BCUT2D eigenvalue weighted by molar-refractivity contribution is 9.11. The van der Waals surface area contributed by atoms with Crippen molar-refractivity contribution in [3.8, 4) is 0 Å². The molecule has 96 valence electrons. The van der Waals surface area contributed by atoms with Gasteiger partial charge in [0.15, 0.2) is 0 Å². The quantitative estimate of drug-likeness (QED) is 0.895. The Balaban J connectivity index is 1.92. The normalized spacial score (nSPS) is 18.4. The van der Waals surface area contributed by atoms with Crippen molar-refractivity contribution in [3.63, 3.8) is 0 Å². The van der Waals surface area contributed by atoms with E-state index in [9.17, 15) is 8.42 Å². The van der Waals surface area contributed by atoms with Crippen molar-refractivity contribution < 1.29 is 13.2 Å². The number of hydrogen-bond donors (Lipinski definition) is 1. The molecule has 8 heteroatoms. The number of ether oxygens (including phenoxy) is 1. The number of rotatable bonds is 4. The second kappa shape index (κ2) is 5.77. The zero-order valence-corrected chi connectivity index (χ0v) is 12.3. The topological polar surface area (TPSA) is 58.6 Å². The lowest BCUT2D eigenvalue weighted by Crippen LogP contribution is -2.46. The predicted molar refractivity (Wildman–Crippen MR) is 70.2 cm³/mol. The van der Waals surface area contributed by atoms with E-state index in [1.165, 1.54) is 15.6 Å². The second-order valence-corrected chi connectivity index (χ2v) is 7.85. The summed E-state index contributed by atoms with van der Waals surface area (Å²) in [6.07, 6.45) is 0. The molecule has 1 N–H and O–H groups in total. The van der Waals surface area contributed by atoms with Crippen molar-refractivity contribution in [3.05, 3.63) is 20.8 Å². The average Bonchev–Trinajstić information content (AvgIpc) is 2.74. The van der Waals surface area contributed by atoms with Crippen LogP contribution in [-0.2, 0) is 21.5 Å². The van der Waals surface area contributed by atoms with E-state index in [1.54, 1.807) is 0 Å². The number of nitrogens with one attached hydrogen (secondary N) is 1. The molecule has 0 radical (unpaired) electrons. The highest BCUT2D eigenvalue weighted by Crippen LogP contribution is 2.22. The van der Waals surface area contributed by atoms with Gasteiger partial charge >= 0.3 is 0 Å². The standard InChI is InChI=1S/C9H13BrN2O3S2/c10-9-2-1-8(16-9)7-11-17(13,14)12-3-5-15-6-4-12/h1-2,11H,3-7H2. The molecule has 1 aromatic rings. The summed E-state index contributed by atoms with van der Waals surface area (Å²) in [5.41, 5.74) is 0. The molecular weight excluding hydrogens is 328 g/mol. The van der Waals surface area contributed by atoms with E-state index in [1.807, 2.05) is 12.1 Å². The first-order valence-corrected chi connectivity index (χ1v) is 8.19. The van der Waals surface area contributed by atoms with Crippen molar-refractivity contribution in [1.29, 1.82) is 0 Å². The SMILES string of the molecule is O=S(=O)(NCc1ccc(Br)s1)N1CCOCC1. The lowest BCUT2D eigenvalue weighted by molar-refractivity contribution is 0.0725. The van der Waals surface area contributed by atoms with Gasteiger partial charge in [0, 0.05) is 24.5 Å². The van der Waals surface area contributed by atoms with E-state index < -0.39 is 10.2 Å². The van der Waals surface area contributed by atoms with E-state index in [0.29, 0.717) is 32.8 Å². The van der Waals surface area contributed by atoms with Crippen LogP contribution in [0.3, 0.4) is 0 Å². The molecule has 0 aliphatic carbocycles. The molecule has 0 spiro atoms. The molecule has 1 aromatic heterocycles. The van der Waals surface area contributed by atoms with Crippen LogP contribution in [0.1, 0.15) is 4.88 Å². The minimum atomic E-state index is -3.38. The minimum Gasteiger partial charge on any atom is -0.379 e. The first kappa shape index (κ1) is 13.4. The molecule has 1 aliphatic rings. The summed E-state index contributed by atoms with van der Waals surface area (Å²) in [5, 5.41) is 0. The Bertz CT molecular complexity index is 468. The van der Waals surface area contributed by atoms with Crippen molar-refractivity contribution in [2.75, 3.05) is 26.3 Å². The zero-order chi connectivity index (χ0) is 12.3. The van der Waals surface area contributed by atoms with Crippen LogP contribution in [0.5, 0.6) is 0 Å². The van der Waals surface area contributed by atoms with Gasteiger partial charge in [-0.1, -0.05) is 0 Å². The molecule has 5 nitrogen and oxygen atoms in total. The predicted octanol–water partition coefficient (Wildman–Crippen LogP) is 1.18. The van der Waals surface area contributed by atoms with Gasteiger partial charge in [0.25, 0.3) is 10.2 Å². The number of halogens is 1. The van der Waals surface area contributed by atoms with E-state index in [0.717, 1.165) is 8.66 Å². The Morgan fingerprint density at radius 1 is 1.41 bits per heavy atom. The van der Waals surface area contributed by atoms with E-state index >= 15 is 0 Å². The molecule has 0 saturated carbocycles. The Kier molecular flexibility index (Phi) is 4.56. The fraction of sp³-hybridized carbons (Fsp3) is 0.556. The Morgan fingerprint density at radius 2 is 2.12 bits per heavy atom. The summed E-state index contributed by atoms with van der Waals surface area (Å²) in [7, 11) is -3.38. The molecule has 0 bridgehead atoms. The minimum absolute atomic E-state index is 0.329. The molecule has 1 fully saturated rings. The Hall–Kier alpha value is 0.01000. The van der Waals surface area contributed by atoms with Crippen molar-refractivity contribution in [2.45, 2.75) is 6.54 Å². The largest absolute Gasteiger partial charge is 0.379 e. The van der Waals surface area contributed by atoms with Crippen molar-refractivity contribution in [2.24, 2.45) is 0 Å². The average molecular weight is 341 g/mol. The van der Waals surface area contributed by atoms with Crippen LogP contribution in [0, 0.1) is 0 Å². The molecule has 1 saturated heterocycles. The summed E-state index contributed by atoms with van der Waals surface area (Å²) < 4.78 is 34.0. The third-order valence-corrected chi connectivity index (χ3v) is 5.55. The molecular formula is C9H13BrN2O3S2. The summed E-state index contributed by atoms with van der Waals surface area (Å²) in [6, 6.07) is 3.81. The molecule has 0 unspecified atom stereocenters. The molecule has 1 aliphatic heterocycles. The zero-order valence-electron chi connectivity index (χ0n) is 9.06. The van der Waals surface area contributed by atoms with E-state index in [2.05, 4.69) is 20.7 Å². The van der Waals surface area contributed by atoms with Crippen molar-refractivity contribution in [1.82, 2.24) is 9.03 Å². The van der Waals surface area contributed by atoms with Crippen LogP contribution in [-0.4, -0.2) is 39.0 Å². The fourth-order valence-corrected chi connectivity index (χ4v) is 4.15. The van der Waals surface area contributed by atoms with Crippen LogP contribution in [0.4, 0.5) is 0 Å². The Labute approximate surface area is 113 Å². The van der Waals surface area contributed by atoms with Crippen LogP contribution in [0.2, 0.25) is 0 Å². The molecule has 0 aromatic carbocycles. The fourth-order valence-electron chi connectivity index (χ4n) is 1.49. The van der Waals surface area contributed by atoms with Gasteiger partial charge < -0.3 is 4.74 Å². The summed E-state index contributed by atoms with van der Waals surface area (Å²) in [4.78, 5) is 0.980. The molecule has 2 heterocycles. The molecule has 0 amide bonds. The van der Waals surface area contributed by atoms with Gasteiger partial charge in [-0.2, -0.15) is 17.4 Å². The maximum atomic E-state index is 11.9.